The van der Waals surface area contributed by atoms with E-state index in [1.54, 1.807) is 0 Å². The molecule has 0 spiro atoms. The van der Waals surface area contributed by atoms with Gasteiger partial charge in [-0.15, -0.1) is 0 Å². The van der Waals surface area contributed by atoms with Crippen molar-refractivity contribution >= 4 is 23.3 Å². The standard InChI is InChI=1S/C34H32N2O3/c1-25(26-14-6-2-7-15-26)22-23-30(32(28-18-10-4-11-19-28)35-29-20-12-5-13-21-29)33(37)36-31(24-39-34(36)38)27-16-8-3-9-17-27/h2-22,30-32,35H,23-24H2,1H3/t30-,31-,32-/m1/s1. The Labute approximate surface area is 229 Å². The van der Waals surface area contributed by atoms with E-state index >= 15 is 0 Å². The van der Waals surface area contributed by atoms with E-state index in [1.807, 2.05) is 109 Å². The van der Waals surface area contributed by atoms with Gasteiger partial charge in [0.2, 0.25) is 5.91 Å². The van der Waals surface area contributed by atoms with Crippen LogP contribution >= 0.6 is 0 Å². The number of anilines is 1. The number of nitrogens with zero attached hydrogens (tertiary/aromatic N) is 1. The van der Waals surface area contributed by atoms with Crippen LogP contribution in [0.4, 0.5) is 10.5 Å². The molecule has 1 saturated heterocycles. The second kappa shape index (κ2) is 12.3. The number of hydrogen-bond donors (Lipinski definition) is 1. The molecular formula is C34H32N2O3. The second-order valence-corrected chi connectivity index (χ2v) is 9.71. The zero-order chi connectivity index (χ0) is 27.0. The highest BCUT2D eigenvalue weighted by Crippen LogP contribution is 2.36. The SMILES string of the molecule is CC(=CC[C@@H](C(=O)N1C(=O)OC[C@@H]1c1ccccc1)[C@H](Nc1ccccc1)c1ccccc1)c1ccccc1. The Kier molecular flexibility index (Phi) is 8.18. The minimum atomic E-state index is -0.603. The third kappa shape index (κ3) is 6.10. The molecule has 39 heavy (non-hydrogen) atoms. The van der Waals surface area contributed by atoms with Crippen LogP contribution in [0.1, 0.15) is 42.1 Å². The van der Waals surface area contributed by atoms with Crippen molar-refractivity contribution < 1.29 is 14.3 Å². The van der Waals surface area contributed by atoms with Crippen LogP contribution in [-0.4, -0.2) is 23.5 Å². The first-order chi connectivity index (χ1) is 19.1. The minimum Gasteiger partial charge on any atom is -0.446 e. The molecule has 196 valence electrons. The van der Waals surface area contributed by atoms with E-state index in [1.165, 1.54) is 4.90 Å². The second-order valence-electron chi connectivity index (χ2n) is 9.71. The Balaban J connectivity index is 1.55. The van der Waals surface area contributed by atoms with Crippen molar-refractivity contribution in [1.29, 1.82) is 0 Å². The molecule has 1 aliphatic heterocycles. The van der Waals surface area contributed by atoms with Crippen LogP contribution in [0.15, 0.2) is 127 Å². The van der Waals surface area contributed by atoms with Crippen LogP contribution in [0.25, 0.3) is 5.57 Å². The highest BCUT2D eigenvalue weighted by molar-refractivity contribution is 5.95. The largest absolute Gasteiger partial charge is 0.446 e. The van der Waals surface area contributed by atoms with Gasteiger partial charge in [-0.3, -0.25) is 4.79 Å². The lowest BCUT2D eigenvalue weighted by molar-refractivity contribution is -0.134. The Morgan fingerprint density at radius 1 is 0.872 bits per heavy atom. The van der Waals surface area contributed by atoms with Crippen molar-refractivity contribution in [2.75, 3.05) is 11.9 Å². The molecule has 5 heteroatoms. The van der Waals surface area contributed by atoms with Gasteiger partial charge < -0.3 is 10.1 Å². The molecule has 3 atom stereocenters. The number of nitrogens with one attached hydrogen (secondary N) is 1. The Morgan fingerprint density at radius 2 is 1.44 bits per heavy atom. The van der Waals surface area contributed by atoms with Gasteiger partial charge in [0, 0.05) is 5.69 Å². The summed E-state index contributed by atoms with van der Waals surface area (Å²) in [6.45, 7) is 2.19. The summed E-state index contributed by atoms with van der Waals surface area (Å²) in [5.41, 5.74) is 4.91. The van der Waals surface area contributed by atoms with Crippen molar-refractivity contribution in [3.05, 3.63) is 144 Å². The number of rotatable bonds is 9. The lowest BCUT2D eigenvalue weighted by Crippen LogP contribution is -2.42. The summed E-state index contributed by atoms with van der Waals surface area (Å²) in [6.07, 6.45) is 1.93. The van der Waals surface area contributed by atoms with Gasteiger partial charge in [0.05, 0.1) is 12.0 Å². The predicted molar refractivity (Wildman–Crippen MR) is 155 cm³/mol. The highest BCUT2D eigenvalue weighted by atomic mass is 16.6. The van der Waals surface area contributed by atoms with E-state index in [9.17, 15) is 9.59 Å². The molecule has 1 aliphatic rings. The molecule has 1 N–H and O–H groups in total. The highest BCUT2D eigenvalue weighted by Gasteiger charge is 2.43. The van der Waals surface area contributed by atoms with Crippen LogP contribution in [0, 0.1) is 5.92 Å². The van der Waals surface area contributed by atoms with Gasteiger partial charge in [-0.1, -0.05) is 115 Å². The van der Waals surface area contributed by atoms with Gasteiger partial charge in [0.1, 0.15) is 12.6 Å². The Bertz CT molecular complexity index is 1410. The van der Waals surface area contributed by atoms with Crippen molar-refractivity contribution in [1.82, 2.24) is 4.90 Å². The smallest absolute Gasteiger partial charge is 0.417 e. The predicted octanol–water partition coefficient (Wildman–Crippen LogP) is 7.67. The van der Waals surface area contributed by atoms with Crippen molar-refractivity contribution in [2.45, 2.75) is 25.4 Å². The zero-order valence-electron chi connectivity index (χ0n) is 21.9. The first-order valence-electron chi connectivity index (χ1n) is 13.3. The van der Waals surface area contributed by atoms with Gasteiger partial charge in [0.15, 0.2) is 0 Å². The van der Waals surface area contributed by atoms with Crippen molar-refractivity contribution in [3.63, 3.8) is 0 Å². The summed E-state index contributed by atoms with van der Waals surface area (Å²) < 4.78 is 5.43. The summed E-state index contributed by atoms with van der Waals surface area (Å²) >= 11 is 0. The molecule has 1 fully saturated rings. The van der Waals surface area contributed by atoms with E-state index in [-0.39, 0.29) is 18.6 Å². The van der Waals surface area contributed by atoms with E-state index in [2.05, 4.69) is 30.4 Å². The maximum atomic E-state index is 14.4. The van der Waals surface area contributed by atoms with Gasteiger partial charge in [-0.25, -0.2) is 9.69 Å². The topological polar surface area (TPSA) is 58.6 Å². The van der Waals surface area contributed by atoms with Crippen molar-refractivity contribution in [2.24, 2.45) is 5.92 Å². The molecule has 0 unspecified atom stereocenters. The number of para-hydroxylation sites is 1. The van der Waals surface area contributed by atoms with E-state index in [0.717, 1.165) is 28.0 Å². The number of ether oxygens (including phenoxy) is 1. The quantitative estimate of drug-likeness (QED) is 0.248. The third-order valence-electron chi connectivity index (χ3n) is 7.18. The lowest BCUT2D eigenvalue weighted by Gasteiger charge is -2.31. The normalized spacial score (nSPS) is 16.8. The molecule has 4 aromatic rings. The zero-order valence-corrected chi connectivity index (χ0v) is 21.9. The average Bonchev–Trinajstić information content (AvgIpc) is 3.39. The fourth-order valence-corrected chi connectivity index (χ4v) is 5.06. The maximum absolute atomic E-state index is 14.4. The molecule has 0 radical (unpaired) electrons. The number of carbonyl (C=O) groups is 2. The molecule has 1 heterocycles. The minimum absolute atomic E-state index is 0.141. The van der Waals surface area contributed by atoms with Crippen LogP contribution < -0.4 is 5.32 Å². The van der Waals surface area contributed by atoms with Gasteiger partial charge in [-0.2, -0.15) is 0 Å². The van der Waals surface area contributed by atoms with Crippen molar-refractivity contribution in [3.8, 4) is 0 Å². The number of benzene rings is 4. The summed E-state index contributed by atoms with van der Waals surface area (Å²) in [4.78, 5) is 28.8. The average molecular weight is 517 g/mol. The summed E-state index contributed by atoms with van der Waals surface area (Å²) in [5.74, 6) is -0.844. The van der Waals surface area contributed by atoms with E-state index < -0.39 is 18.1 Å². The van der Waals surface area contributed by atoms with Crippen LogP contribution in [-0.2, 0) is 9.53 Å². The molecule has 2 amide bonds. The van der Waals surface area contributed by atoms with Gasteiger partial charge >= 0.3 is 6.09 Å². The lowest BCUT2D eigenvalue weighted by atomic mass is 9.87. The van der Waals surface area contributed by atoms with Gasteiger partial charge in [-0.05, 0) is 47.7 Å². The van der Waals surface area contributed by atoms with Gasteiger partial charge in [0.25, 0.3) is 0 Å². The fraction of sp³-hybridized carbons (Fsp3) is 0.176. The number of cyclic esters (lactones) is 1. The fourth-order valence-electron chi connectivity index (χ4n) is 5.06. The summed E-state index contributed by atoms with van der Waals surface area (Å²) in [7, 11) is 0. The van der Waals surface area contributed by atoms with E-state index in [4.69, 9.17) is 4.74 Å². The molecule has 5 nitrogen and oxygen atoms in total. The number of amides is 2. The summed E-state index contributed by atoms with van der Waals surface area (Å²) in [5, 5.41) is 3.60. The third-order valence-corrected chi connectivity index (χ3v) is 7.18. The maximum Gasteiger partial charge on any atom is 0.417 e. The summed E-state index contributed by atoms with van der Waals surface area (Å²) in [6, 6.07) is 38.7. The van der Waals surface area contributed by atoms with Crippen LogP contribution in [0.2, 0.25) is 0 Å². The molecule has 0 saturated carbocycles. The number of imide groups is 1. The monoisotopic (exact) mass is 516 g/mol. The van der Waals surface area contributed by atoms with E-state index in [0.29, 0.717) is 6.42 Å². The number of carbonyl (C=O) groups excluding carboxylic acids is 2. The molecule has 0 aromatic heterocycles. The number of hydrogen-bond acceptors (Lipinski definition) is 4. The number of allylic oxidation sites excluding steroid dienone is 2. The molecule has 5 rings (SSSR count). The Morgan fingerprint density at radius 3 is 2.08 bits per heavy atom. The van der Waals surface area contributed by atoms with Crippen LogP contribution in [0.3, 0.4) is 0 Å². The Hall–Kier alpha value is -4.64. The first kappa shape index (κ1) is 26.0. The first-order valence-corrected chi connectivity index (χ1v) is 13.3. The molecule has 0 aliphatic carbocycles. The molecular weight excluding hydrogens is 484 g/mol. The molecule has 0 bridgehead atoms. The molecule has 4 aromatic carbocycles. The van der Waals surface area contributed by atoms with Crippen LogP contribution in [0.5, 0.6) is 0 Å².